The van der Waals surface area contributed by atoms with Gasteiger partial charge in [-0.2, -0.15) is 0 Å². The average molecular weight is 312 g/mol. The number of nitrogens with zero attached hydrogens (tertiary/aromatic N) is 2. The smallest absolute Gasteiger partial charge is 0.337 e. The standard InChI is InChI=1S/C19H24N2O2/c1-20(2)14-7-15-21(17-8-5-4-6-9-17)18-12-10-16(11-13-18)19(22)23-3/h4-6,8-13H,7,14-15H2,1-3H3. The van der Waals surface area contributed by atoms with Crippen molar-refractivity contribution in [2.24, 2.45) is 0 Å². The van der Waals surface area contributed by atoms with Crippen LogP contribution >= 0.6 is 0 Å². The number of hydrogen-bond donors (Lipinski definition) is 0. The summed E-state index contributed by atoms with van der Waals surface area (Å²) in [6, 6.07) is 17.8. The number of ether oxygens (including phenoxy) is 1. The van der Waals surface area contributed by atoms with Gasteiger partial charge in [0.25, 0.3) is 0 Å². The van der Waals surface area contributed by atoms with Crippen LogP contribution in [0.25, 0.3) is 0 Å². The van der Waals surface area contributed by atoms with Gasteiger partial charge in [0.1, 0.15) is 0 Å². The first-order valence-corrected chi connectivity index (χ1v) is 7.77. The van der Waals surface area contributed by atoms with Gasteiger partial charge in [-0.3, -0.25) is 0 Å². The molecule has 0 N–H and O–H groups in total. The highest BCUT2D eigenvalue weighted by Crippen LogP contribution is 2.25. The summed E-state index contributed by atoms with van der Waals surface area (Å²) in [5.41, 5.74) is 2.79. The van der Waals surface area contributed by atoms with E-state index >= 15 is 0 Å². The number of hydrogen-bond acceptors (Lipinski definition) is 4. The van der Waals surface area contributed by atoms with Crippen molar-refractivity contribution in [2.45, 2.75) is 6.42 Å². The van der Waals surface area contributed by atoms with E-state index in [2.05, 4.69) is 36.0 Å². The van der Waals surface area contributed by atoms with Gasteiger partial charge < -0.3 is 14.5 Å². The number of rotatable bonds is 7. The molecule has 0 aromatic heterocycles. The second-order valence-corrected chi connectivity index (χ2v) is 5.68. The SMILES string of the molecule is COC(=O)c1ccc(N(CCCN(C)C)c2ccccc2)cc1. The maximum absolute atomic E-state index is 11.6. The molecule has 0 radical (unpaired) electrons. The second kappa shape index (κ2) is 8.34. The van der Waals surface area contributed by atoms with Crippen molar-refractivity contribution in [1.82, 2.24) is 4.90 Å². The third-order valence-electron chi connectivity index (χ3n) is 3.65. The molecule has 0 unspecified atom stereocenters. The molecule has 23 heavy (non-hydrogen) atoms. The van der Waals surface area contributed by atoms with E-state index in [0.29, 0.717) is 5.56 Å². The van der Waals surface area contributed by atoms with E-state index in [9.17, 15) is 4.79 Å². The predicted molar refractivity (Wildman–Crippen MR) is 94.4 cm³/mol. The van der Waals surface area contributed by atoms with Crippen LogP contribution in [0.4, 0.5) is 11.4 Å². The molecule has 0 saturated carbocycles. The zero-order valence-electron chi connectivity index (χ0n) is 14.0. The summed E-state index contributed by atoms with van der Waals surface area (Å²) >= 11 is 0. The summed E-state index contributed by atoms with van der Waals surface area (Å²) in [6.45, 7) is 1.95. The quantitative estimate of drug-likeness (QED) is 0.732. The molecule has 0 aliphatic rings. The van der Waals surface area contributed by atoms with Crippen LogP contribution in [0.1, 0.15) is 16.8 Å². The molecule has 0 heterocycles. The fraction of sp³-hybridized carbons (Fsp3) is 0.316. The van der Waals surface area contributed by atoms with Crippen LogP contribution in [0, 0.1) is 0 Å². The molecular formula is C19H24N2O2. The van der Waals surface area contributed by atoms with E-state index in [1.54, 1.807) is 0 Å². The molecular weight excluding hydrogens is 288 g/mol. The van der Waals surface area contributed by atoms with E-state index < -0.39 is 0 Å². The maximum Gasteiger partial charge on any atom is 0.337 e. The van der Waals surface area contributed by atoms with Crippen LogP contribution in [-0.4, -0.2) is 45.2 Å². The van der Waals surface area contributed by atoms with E-state index in [1.165, 1.54) is 7.11 Å². The van der Waals surface area contributed by atoms with Crippen LogP contribution in [0.15, 0.2) is 54.6 Å². The molecule has 4 heteroatoms. The van der Waals surface area contributed by atoms with Gasteiger partial charge in [-0.1, -0.05) is 18.2 Å². The Kier molecular flexibility index (Phi) is 6.18. The van der Waals surface area contributed by atoms with Crippen molar-refractivity contribution in [3.8, 4) is 0 Å². The Bertz CT molecular complexity index is 609. The van der Waals surface area contributed by atoms with Crippen molar-refractivity contribution >= 4 is 17.3 Å². The van der Waals surface area contributed by atoms with Gasteiger partial charge in [0.05, 0.1) is 12.7 Å². The molecule has 122 valence electrons. The summed E-state index contributed by atoms with van der Waals surface area (Å²) in [7, 11) is 5.56. The topological polar surface area (TPSA) is 32.8 Å². The lowest BCUT2D eigenvalue weighted by Crippen LogP contribution is -2.23. The Morgan fingerprint density at radius 1 is 0.913 bits per heavy atom. The predicted octanol–water partition coefficient (Wildman–Crippen LogP) is 3.56. The van der Waals surface area contributed by atoms with Gasteiger partial charge in [0.2, 0.25) is 0 Å². The molecule has 0 spiro atoms. The van der Waals surface area contributed by atoms with Gasteiger partial charge in [-0.15, -0.1) is 0 Å². The molecule has 0 bridgehead atoms. The number of benzene rings is 2. The Labute approximate surface area is 138 Å². The highest BCUT2D eigenvalue weighted by molar-refractivity contribution is 5.89. The lowest BCUT2D eigenvalue weighted by Gasteiger charge is -2.26. The second-order valence-electron chi connectivity index (χ2n) is 5.68. The Balaban J connectivity index is 2.20. The highest BCUT2D eigenvalue weighted by atomic mass is 16.5. The molecule has 2 aromatic carbocycles. The van der Waals surface area contributed by atoms with Crippen molar-refractivity contribution in [2.75, 3.05) is 39.2 Å². The molecule has 4 nitrogen and oxygen atoms in total. The number of methoxy groups -OCH3 is 1. The molecule has 0 saturated heterocycles. The minimum atomic E-state index is -0.310. The first kappa shape index (κ1) is 17.0. The van der Waals surface area contributed by atoms with Crippen molar-refractivity contribution in [1.29, 1.82) is 0 Å². The average Bonchev–Trinajstić information content (AvgIpc) is 2.59. The molecule has 0 atom stereocenters. The lowest BCUT2D eigenvalue weighted by molar-refractivity contribution is 0.0601. The fourth-order valence-electron chi connectivity index (χ4n) is 2.46. The Hall–Kier alpha value is -2.33. The van der Waals surface area contributed by atoms with Crippen LogP contribution in [0.3, 0.4) is 0 Å². The first-order chi connectivity index (χ1) is 11.1. The summed E-state index contributed by atoms with van der Waals surface area (Å²) in [4.78, 5) is 16.0. The summed E-state index contributed by atoms with van der Waals surface area (Å²) in [5.74, 6) is -0.310. The maximum atomic E-state index is 11.6. The van der Waals surface area contributed by atoms with Crippen LogP contribution < -0.4 is 4.90 Å². The molecule has 2 rings (SSSR count). The van der Waals surface area contributed by atoms with Gasteiger partial charge in [0.15, 0.2) is 0 Å². The third kappa shape index (κ3) is 4.83. The minimum absolute atomic E-state index is 0.310. The molecule has 0 amide bonds. The number of carbonyl (C=O) groups is 1. The zero-order chi connectivity index (χ0) is 16.7. The minimum Gasteiger partial charge on any atom is -0.465 e. The normalized spacial score (nSPS) is 10.6. The van der Waals surface area contributed by atoms with Crippen LogP contribution in [0.5, 0.6) is 0 Å². The largest absolute Gasteiger partial charge is 0.465 e. The van der Waals surface area contributed by atoms with E-state index in [-0.39, 0.29) is 5.97 Å². The van der Waals surface area contributed by atoms with Crippen molar-refractivity contribution < 1.29 is 9.53 Å². The van der Waals surface area contributed by atoms with Gasteiger partial charge in [-0.25, -0.2) is 4.79 Å². The van der Waals surface area contributed by atoms with Gasteiger partial charge in [-0.05, 0) is 63.5 Å². The van der Waals surface area contributed by atoms with Crippen molar-refractivity contribution in [3.63, 3.8) is 0 Å². The van der Waals surface area contributed by atoms with Gasteiger partial charge >= 0.3 is 5.97 Å². The van der Waals surface area contributed by atoms with Gasteiger partial charge in [0, 0.05) is 17.9 Å². The molecule has 0 fully saturated rings. The third-order valence-corrected chi connectivity index (χ3v) is 3.65. The van der Waals surface area contributed by atoms with Crippen LogP contribution in [0.2, 0.25) is 0 Å². The Morgan fingerprint density at radius 3 is 2.09 bits per heavy atom. The highest BCUT2D eigenvalue weighted by Gasteiger charge is 2.11. The number of esters is 1. The zero-order valence-corrected chi connectivity index (χ0v) is 14.0. The first-order valence-electron chi connectivity index (χ1n) is 7.77. The van der Waals surface area contributed by atoms with Crippen molar-refractivity contribution in [3.05, 3.63) is 60.2 Å². The molecule has 0 aliphatic carbocycles. The summed E-state index contributed by atoms with van der Waals surface area (Å²) in [5, 5.41) is 0. The number of para-hydroxylation sites is 1. The molecule has 2 aromatic rings. The van der Waals surface area contributed by atoms with E-state index in [0.717, 1.165) is 30.9 Å². The molecule has 0 aliphatic heterocycles. The summed E-state index contributed by atoms with van der Waals surface area (Å²) in [6.07, 6.45) is 1.06. The Morgan fingerprint density at radius 2 is 1.52 bits per heavy atom. The van der Waals surface area contributed by atoms with E-state index in [1.807, 2.05) is 42.5 Å². The monoisotopic (exact) mass is 312 g/mol. The number of anilines is 2. The number of carbonyl (C=O) groups excluding carboxylic acids is 1. The lowest BCUT2D eigenvalue weighted by atomic mass is 10.1. The van der Waals surface area contributed by atoms with Crippen LogP contribution in [-0.2, 0) is 4.74 Å². The fourth-order valence-corrected chi connectivity index (χ4v) is 2.46. The summed E-state index contributed by atoms with van der Waals surface area (Å²) < 4.78 is 4.75. The van der Waals surface area contributed by atoms with E-state index in [4.69, 9.17) is 4.74 Å².